The van der Waals surface area contributed by atoms with E-state index < -0.39 is 5.54 Å². The van der Waals surface area contributed by atoms with E-state index in [0.717, 1.165) is 44.1 Å². The molecule has 0 heterocycles. The zero-order valence-electron chi connectivity index (χ0n) is 11.4. The fourth-order valence-corrected chi connectivity index (χ4v) is 2.75. The van der Waals surface area contributed by atoms with Crippen LogP contribution in [0.1, 0.15) is 54.9 Å². The summed E-state index contributed by atoms with van der Waals surface area (Å²) >= 11 is 0. The quantitative estimate of drug-likeness (QED) is 0.902. The summed E-state index contributed by atoms with van der Waals surface area (Å²) < 4.78 is 0. The summed E-state index contributed by atoms with van der Waals surface area (Å²) in [6.07, 6.45) is 5.55. The van der Waals surface area contributed by atoms with Gasteiger partial charge in [0.2, 0.25) is 0 Å². The van der Waals surface area contributed by atoms with Crippen molar-refractivity contribution in [2.45, 2.75) is 51.0 Å². The van der Waals surface area contributed by atoms with Crippen molar-refractivity contribution in [1.82, 2.24) is 5.32 Å². The molecule has 1 aliphatic rings. The second kappa shape index (κ2) is 5.88. The third-order valence-corrected chi connectivity index (χ3v) is 3.92. The molecule has 0 spiro atoms. The van der Waals surface area contributed by atoms with Crippen molar-refractivity contribution in [3.63, 3.8) is 0 Å². The normalized spacial score (nSPS) is 17.5. The van der Waals surface area contributed by atoms with E-state index in [1.165, 1.54) is 0 Å². The number of hydrogen-bond acceptors (Lipinski definition) is 2. The fourth-order valence-electron chi connectivity index (χ4n) is 2.75. The highest BCUT2D eigenvalue weighted by molar-refractivity contribution is 5.96. The molecule has 0 bridgehead atoms. The summed E-state index contributed by atoms with van der Waals surface area (Å²) in [5.41, 5.74) is 1.07. The van der Waals surface area contributed by atoms with Crippen LogP contribution in [0, 0.1) is 11.3 Å². The number of hydrogen-bond donors (Lipinski definition) is 1. The first-order valence-corrected chi connectivity index (χ1v) is 7.02. The molecule has 1 aromatic carbocycles. The van der Waals surface area contributed by atoms with Gasteiger partial charge in [-0.2, -0.15) is 5.26 Å². The second-order valence-electron chi connectivity index (χ2n) is 5.22. The minimum atomic E-state index is -0.657. The summed E-state index contributed by atoms with van der Waals surface area (Å²) in [7, 11) is 0. The molecule has 1 fully saturated rings. The zero-order valence-corrected chi connectivity index (χ0v) is 11.4. The van der Waals surface area contributed by atoms with Crippen LogP contribution in [0.5, 0.6) is 0 Å². The Balaban J connectivity index is 2.18. The first-order valence-electron chi connectivity index (χ1n) is 7.02. The Morgan fingerprint density at radius 1 is 1.32 bits per heavy atom. The summed E-state index contributed by atoms with van der Waals surface area (Å²) in [5, 5.41) is 12.4. The van der Waals surface area contributed by atoms with Crippen LogP contribution in [0.2, 0.25) is 0 Å². The maximum Gasteiger partial charge on any atom is 0.252 e. The van der Waals surface area contributed by atoms with E-state index in [9.17, 15) is 10.1 Å². The van der Waals surface area contributed by atoms with Crippen LogP contribution >= 0.6 is 0 Å². The van der Waals surface area contributed by atoms with Gasteiger partial charge in [0.05, 0.1) is 6.07 Å². The predicted molar refractivity (Wildman–Crippen MR) is 74.7 cm³/mol. The van der Waals surface area contributed by atoms with Crippen molar-refractivity contribution in [2.75, 3.05) is 0 Å². The van der Waals surface area contributed by atoms with Crippen LogP contribution in [-0.4, -0.2) is 11.4 Å². The maximum atomic E-state index is 12.4. The molecule has 19 heavy (non-hydrogen) atoms. The Kier molecular flexibility index (Phi) is 4.21. The predicted octanol–water partition coefficient (Wildman–Crippen LogP) is 3.21. The van der Waals surface area contributed by atoms with Gasteiger partial charge in [-0.1, -0.05) is 44.4 Å². The highest BCUT2D eigenvalue weighted by Gasteiger charge is 2.34. The van der Waals surface area contributed by atoms with E-state index in [2.05, 4.69) is 11.4 Å². The molecule has 3 heteroatoms. The van der Waals surface area contributed by atoms with Crippen molar-refractivity contribution in [1.29, 1.82) is 5.26 Å². The summed E-state index contributed by atoms with van der Waals surface area (Å²) in [5.74, 6) is -0.110. The number of nitrogens with zero attached hydrogens (tertiary/aromatic N) is 1. The van der Waals surface area contributed by atoms with Gasteiger partial charge in [0.15, 0.2) is 0 Å². The number of amides is 1. The van der Waals surface area contributed by atoms with Gasteiger partial charge in [0, 0.05) is 5.56 Å². The van der Waals surface area contributed by atoms with Crippen molar-refractivity contribution < 1.29 is 4.79 Å². The Morgan fingerprint density at radius 2 is 2.00 bits per heavy atom. The van der Waals surface area contributed by atoms with Crippen LogP contribution in [0.25, 0.3) is 0 Å². The van der Waals surface area contributed by atoms with Crippen LogP contribution in [-0.2, 0) is 6.42 Å². The number of carbonyl (C=O) groups is 1. The van der Waals surface area contributed by atoms with Crippen LogP contribution in [0.3, 0.4) is 0 Å². The van der Waals surface area contributed by atoms with Crippen molar-refractivity contribution >= 4 is 5.91 Å². The maximum absolute atomic E-state index is 12.4. The van der Waals surface area contributed by atoms with E-state index in [1.54, 1.807) is 0 Å². The molecule has 2 rings (SSSR count). The van der Waals surface area contributed by atoms with Crippen molar-refractivity contribution in [3.8, 4) is 6.07 Å². The van der Waals surface area contributed by atoms with Gasteiger partial charge in [-0.05, 0) is 30.9 Å². The SMILES string of the molecule is CCc1ccccc1C(=O)NC1(C#N)CCCCC1. The van der Waals surface area contributed by atoms with E-state index in [-0.39, 0.29) is 5.91 Å². The molecule has 3 nitrogen and oxygen atoms in total. The van der Waals surface area contributed by atoms with Gasteiger partial charge < -0.3 is 5.32 Å². The standard InChI is InChI=1S/C16H20N2O/c1-2-13-8-4-5-9-14(13)15(19)18-16(12-17)10-6-3-7-11-16/h4-5,8-9H,2-3,6-7,10-11H2,1H3,(H,18,19). The Bertz CT molecular complexity index is 496. The van der Waals surface area contributed by atoms with Crippen molar-refractivity contribution in [2.24, 2.45) is 0 Å². The monoisotopic (exact) mass is 256 g/mol. The first kappa shape index (κ1) is 13.6. The van der Waals surface area contributed by atoms with Gasteiger partial charge in [0.1, 0.15) is 5.54 Å². The van der Waals surface area contributed by atoms with Crippen LogP contribution in [0.15, 0.2) is 24.3 Å². The van der Waals surface area contributed by atoms with Gasteiger partial charge in [-0.15, -0.1) is 0 Å². The zero-order chi connectivity index (χ0) is 13.7. The average Bonchev–Trinajstić information content (AvgIpc) is 2.48. The van der Waals surface area contributed by atoms with E-state index in [1.807, 2.05) is 31.2 Å². The van der Waals surface area contributed by atoms with Crippen LogP contribution < -0.4 is 5.32 Å². The van der Waals surface area contributed by atoms with Gasteiger partial charge in [-0.3, -0.25) is 4.79 Å². The molecule has 1 saturated carbocycles. The molecule has 100 valence electrons. The molecule has 1 aliphatic carbocycles. The van der Waals surface area contributed by atoms with Gasteiger partial charge in [-0.25, -0.2) is 0 Å². The molecule has 0 saturated heterocycles. The molecular weight excluding hydrogens is 236 g/mol. The molecule has 1 N–H and O–H groups in total. The lowest BCUT2D eigenvalue weighted by Gasteiger charge is -2.31. The molecule has 0 unspecified atom stereocenters. The Morgan fingerprint density at radius 3 is 2.63 bits per heavy atom. The molecule has 0 aromatic heterocycles. The largest absolute Gasteiger partial charge is 0.334 e. The number of nitriles is 1. The van der Waals surface area contributed by atoms with Crippen LogP contribution in [0.4, 0.5) is 0 Å². The van der Waals surface area contributed by atoms with E-state index in [4.69, 9.17) is 0 Å². The van der Waals surface area contributed by atoms with Gasteiger partial charge in [0.25, 0.3) is 5.91 Å². The topological polar surface area (TPSA) is 52.9 Å². The Hall–Kier alpha value is -1.82. The lowest BCUT2D eigenvalue weighted by Crippen LogP contribution is -2.48. The van der Waals surface area contributed by atoms with Crippen molar-refractivity contribution in [3.05, 3.63) is 35.4 Å². The average molecular weight is 256 g/mol. The molecule has 0 aliphatic heterocycles. The summed E-state index contributed by atoms with van der Waals surface area (Å²) in [6.45, 7) is 2.03. The summed E-state index contributed by atoms with van der Waals surface area (Å²) in [4.78, 5) is 12.4. The third kappa shape index (κ3) is 2.96. The van der Waals surface area contributed by atoms with E-state index >= 15 is 0 Å². The molecule has 0 atom stereocenters. The second-order valence-corrected chi connectivity index (χ2v) is 5.22. The lowest BCUT2D eigenvalue weighted by molar-refractivity contribution is 0.0902. The fraction of sp³-hybridized carbons (Fsp3) is 0.500. The highest BCUT2D eigenvalue weighted by Crippen LogP contribution is 2.28. The Labute approximate surface area is 114 Å². The number of nitrogens with one attached hydrogen (secondary N) is 1. The molecule has 1 amide bonds. The van der Waals surface area contributed by atoms with E-state index in [0.29, 0.717) is 5.56 Å². The number of carbonyl (C=O) groups excluding carboxylic acids is 1. The van der Waals surface area contributed by atoms with Gasteiger partial charge >= 0.3 is 0 Å². The minimum absolute atomic E-state index is 0.110. The number of benzene rings is 1. The smallest absolute Gasteiger partial charge is 0.252 e. The number of rotatable bonds is 3. The highest BCUT2D eigenvalue weighted by atomic mass is 16.1. The molecular formula is C16H20N2O. The lowest BCUT2D eigenvalue weighted by atomic mass is 9.82. The first-order chi connectivity index (χ1) is 9.21. The number of aryl methyl sites for hydroxylation is 1. The molecule has 1 aromatic rings. The molecule has 0 radical (unpaired) electrons. The third-order valence-electron chi connectivity index (χ3n) is 3.92. The summed E-state index contributed by atoms with van der Waals surface area (Å²) in [6, 6.07) is 9.94. The minimum Gasteiger partial charge on any atom is -0.334 e.